The van der Waals surface area contributed by atoms with Gasteiger partial charge in [-0.1, -0.05) is 6.07 Å². The van der Waals surface area contributed by atoms with E-state index in [2.05, 4.69) is 9.98 Å². The van der Waals surface area contributed by atoms with Gasteiger partial charge >= 0.3 is 0 Å². The van der Waals surface area contributed by atoms with Crippen LogP contribution in [0.1, 0.15) is 5.56 Å². The van der Waals surface area contributed by atoms with Crippen molar-refractivity contribution in [1.29, 1.82) is 0 Å². The fraction of sp³-hybridized carbons (Fsp3) is 0.133. The van der Waals surface area contributed by atoms with Gasteiger partial charge in [0, 0.05) is 18.3 Å². The molecule has 0 saturated heterocycles. The lowest BCUT2D eigenvalue weighted by Crippen LogP contribution is -2.35. The minimum atomic E-state index is -0.104. The molecule has 20 heavy (non-hydrogen) atoms. The highest BCUT2D eigenvalue weighted by Crippen LogP contribution is 2.05. The molecule has 0 saturated carbocycles. The summed E-state index contributed by atoms with van der Waals surface area (Å²) < 4.78 is 3.48. The Morgan fingerprint density at radius 1 is 1.25 bits per heavy atom. The van der Waals surface area contributed by atoms with E-state index in [0.717, 1.165) is 11.2 Å². The van der Waals surface area contributed by atoms with Crippen molar-refractivity contribution >= 4 is 11.5 Å². The zero-order chi connectivity index (χ0) is 14.1. The molecule has 3 aromatic rings. The number of rotatable bonds is 1. The molecule has 3 rings (SSSR count). The molecule has 0 aliphatic carbocycles. The first kappa shape index (κ1) is 12.3. The van der Waals surface area contributed by atoms with Gasteiger partial charge in [-0.05, 0) is 30.7 Å². The van der Waals surface area contributed by atoms with Crippen LogP contribution in [0.3, 0.4) is 0 Å². The van der Waals surface area contributed by atoms with Crippen LogP contribution in [0, 0.1) is 6.92 Å². The average Bonchev–Trinajstić information content (AvgIpc) is 2.45. The Balaban J connectivity index is 2.33. The van der Waals surface area contributed by atoms with Crippen molar-refractivity contribution in [3.05, 3.63) is 59.8 Å². The maximum atomic E-state index is 12.1. The predicted octanol–water partition coefficient (Wildman–Crippen LogP) is 0.773. The van der Waals surface area contributed by atoms with Gasteiger partial charge in [0.1, 0.15) is 0 Å². The number of hydrogen-bond donors (Lipinski definition) is 0. The highest BCUT2D eigenvalue weighted by Gasteiger charge is 2.08. The first-order valence-corrected chi connectivity index (χ1v) is 6.30. The quantitative estimate of drug-likeness (QED) is 0.611. The van der Waals surface area contributed by atoms with Crippen LogP contribution >= 0.6 is 0 Å². The minimum absolute atomic E-state index is 0.104. The van der Waals surface area contributed by atoms with Crippen LogP contribution in [-0.2, 0) is 7.05 Å². The monoisotopic (exact) mass is 266 g/mol. The summed E-state index contributed by atoms with van der Waals surface area (Å²) in [4.78, 5) is 8.57. The minimum Gasteiger partial charge on any atom is -0.842 e. The molecule has 0 bridgehead atoms. The van der Waals surface area contributed by atoms with Crippen LogP contribution in [0.4, 0.5) is 5.82 Å². The van der Waals surface area contributed by atoms with Gasteiger partial charge in [0.2, 0.25) is 5.49 Å². The first-order valence-electron chi connectivity index (χ1n) is 6.30. The number of nitrogens with zero attached hydrogens (tertiary/aromatic N) is 4. The van der Waals surface area contributed by atoms with Gasteiger partial charge in [0.15, 0.2) is 5.82 Å². The third-order valence-electron chi connectivity index (χ3n) is 3.15. The molecule has 0 radical (unpaired) electrons. The standard InChI is InChI=1S/C15H14N4O/c1-11-6-8-19-14(9-11)18(2)13(10-15(19)20)17-12-5-3-4-7-16-12/h3-10H,1-2H3. The molecule has 0 atom stereocenters. The first-order chi connectivity index (χ1) is 9.65. The van der Waals surface area contributed by atoms with Gasteiger partial charge in [0.25, 0.3) is 5.65 Å². The Kier molecular flexibility index (Phi) is 2.95. The molecule has 0 N–H and O–H groups in total. The van der Waals surface area contributed by atoms with E-state index in [1.165, 1.54) is 6.07 Å². The second-order valence-electron chi connectivity index (χ2n) is 4.63. The molecule has 3 aromatic heterocycles. The number of pyridine rings is 2. The van der Waals surface area contributed by atoms with Crippen molar-refractivity contribution in [3.63, 3.8) is 0 Å². The Bertz CT molecular complexity index is 838. The number of hydrogen-bond acceptors (Lipinski definition) is 3. The maximum Gasteiger partial charge on any atom is 0.287 e. The molecule has 5 heteroatoms. The van der Waals surface area contributed by atoms with Crippen LogP contribution in [-0.4, -0.2) is 9.55 Å². The Labute approximate surface area is 116 Å². The average molecular weight is 266 g/mol. The largest absolute Gasteiger partial charge is 0.842 e. The SMILES string of the molecule is Cc1cc[n+]2c([O-])c/c(=N\c3ccccn3)n(C)c2c1. The molecular weight excluding hydrogens is 252 g/mol. The highest BCUT2D eigenvalue weighted by molar-refractivity contribution is 5.35. The van der Waals surface area contributed by atoms with Crippen LogP contribution < -0.4 is 15.0 Å². The van der Waals surface area contributed by atoms with Crippen LogP contribution in [0.15, 0.2) is 53.8 Å². The van der Waals surface area contributed by atoms with Crippen LogP contribution in [0.25, 0.3) is 5.65 Å². The van der Waals surface area contributed by atoms with E-state index in [-0.39, 0.29) is 5.88 Å². The Morgan fingerprint density at radius 3 is 2.85 bits per heavy atom. The van der Waals surface area contributed by atoms with Gasteiger partial charge in [-0.3, -0.25) is 0 Å². The van der Waals surface area contributed by atoms with E-state index in [4.69, 9.17) is 0 Å². The van der Waals surface area contributed by atoms with E-state index < -0.39 is 0 Å². The third kappa shape index (κ3) is 2.14. The van der Waals surface area contributed by atoms with Gasteiger partial charge < -0.3 is 5.11 Å². The second kappa shape index (κ2) is 4.77. The van der Waals surface area contributed by atoms with E-state index in [0.29, 0.717) is 11.3 Å². The second-order valence-corrected chi connectivity index (χ2v) is 4.63. The lowest BCUT2D eigenvalue weighted by atomic mass is 10.3. The molecule has 0 unspecified atom stereocenters. The van der Waals surface area contributed by atoms with Gasteiger partial charge in [-0.2, -0.15) is 4.99 Å². The van der Waals surface area contributed by atoms with Crippen molar-refractivity contribution in [2.45, 2.75) is 6.92 Å². The third-order valence-corrected chi connectivity index (χ3v) is 3.15. The van der Waals surface area contributed by atoms with Crippen molar-refractivity contribution in [3.8, 4) is 5.88 Å². The smallest absolute Gasteiger partial charge is 0.287 e. The van der Waals surface area contributed by atoms with E-state index in [9.17, 15) is 5.11 Å². The highest BCUT2D eigenvalue weighted by atomic mass is 16.3. The van der Waals surface area contributed by atoms with E-state index in [1.54, 1.807) is 22.9 Å². The normalized spacial score (nSPS) is 12.0. The molecule has 100 valence electrons. The molecular formula is C15H14N4O. The summed E-state index contributed by atoms with van der Waals surface area (Å²) in [6, 6.07) is 10.9. The van der Waals surface area contributed by atoms with Gasteiger partial charge in [-0.25, -0.2) is 14.0 Å². The molecule has 3 heterocycles. The van der Waals surface area contributed by atoms with Crippen LogP contribution in [0.2, 0.25) is 0 Å². The number of aryl methyl sites for hydroxylation is 2. The number of fused-ring (bicyclic) bond motifs is 1. The number of aromatic nitrogens is 3. The van der Waals surface area contributed by atoms with E-state index in [1.807, 2.05) is 42.8 Å². The van der Waals surface area contributed by atoms with Crippen molar-refractivity contribution < 1.29 is 9.51 Å². The summed E-state index contributed by atoms with van der Waals surface area (Å²) in [5, 5.41) is 12.1. The molecule has 0 amide bonds. The maximum absolute atomic E-state index is 12.1. The lowest BCUT2D eigenvalue weighted by Gasteiger charge is -2.08. The van der Waals surface area contributed by atoms with Gasteiger partial charge in [0.05, 0.1) is 19.1 Å². The van der Waals surface area contributed by atoms with Gasteiger partial charge in [-0.15, -0.1) is 0 Å². The zero-order valence-electron chi connectivity index (χ0n) is 11.3. The predicted molar refractivity (Wildman–Crippen MR) is 72.2 cm³/mol. The topological polar surface area (TPSA) is 57.3 Å². The van der Waals surface area contributed by atoms with Crippen LogP contribution in [0.5, 0.6) is 5.88 Å². The fourth-order valence-corrected chi connectivity index (χ4v) is 2.07. The summed E-state index contributed by atoms with van der Waals surface area (Å²) in [6.07, 6.45) is 3.45. The lowest BCUT2D eigenvalue weighted by molar-refractivity contribution is -0.588. The van der Waals surface area contributed by atoms with Crippen molar-refractivity contribution in [2.24, 2.45) is 12.0 Å². The fourth-order valence-electron chi connectivity index (χ4n) is 2.07. The molecule has 5 nitrogen and oxygen atoms in total. The van der Waals surface area contributed by atoms with Crippen molar-refractivity contribution in [1.82, 2.24) is 9.55 Å². The summed E-state index contributed by atoms with van der Waals surface area (Å²) in [6.45, 7) is 1.99. The Hall–Kier alpha value is -2.69. The summed E-state index contributed by atoms with van der Waals surface area (Å²) in [5.74, 6) is 0.479. The molecule has 0 aliphatic heterocycles. The zero-order valence-corrected chi connectivity index (χ0v) is 11.3. The summed E-state index contributed by atoms with van der Waals surface area (Å²) in [7, 11) is 1.88. The van der Waals surface area contributed by atoms with E-state index >= 15 is 0 Å². The molecule has 0 fully saturated rings. The Morgan fingerprint density at radius 2 is 2.10 bits per heavy atom. The summed E-state index contributed by atoms with van der Waals surface area (Å²) in [5.41, 5.74) is 2.47. The van der Waals surface area contributed by atoms with Crippen molar-refractivity contribution in [2.75, 3.05) is 0 Å². The molecule has 0 aliphatic rings. The molecule has 0 spiro atoms. The molecule has 0 aromatic carbocycles. The summed E-state index contributed by atoms with van der Waals surface area (Å²) >= 11 is 0.